The Kier molecular flexibility index (Phi) is 9.71. The quantitative estimate of drug-likeness (QED) is 0.163. The number of nitrogens with zero attached hydrogens (tertiary/aromatic N) is 5. The zero-order chi connectivity index (χ0) is 33.8. The maximum atomic E-state index is 13.2. The van der Waals surface area contributed by atoms with E-state index in [1.807, 2.05) is 0 Å². The summed E-state index contributed by atoms with van der Waals surface area (Å²) in [7, 11) is 1.33. The Bertz CT molecular complexity index is 1780. The van der Waals surface area contributed by atoms with Crippen LogP contribution in [0.1, 0.15) is 11.1 Å². The summed E-state index contributed by atoms with van der Waals surface area (Å²) in [4.78, 5) is 39.3. The lowest BCUT2D eigenvalue weighted by Crippen LogP contribution is -2.32. The Morgan fingerprint density at radius 1 is 1.00 bits per heavy atom. The summed E-state index contributed by atoms with van der Waals surface area (Å²) < 4.78 is 87.1. The van der Waals surface area contributed by atoms with E-state index in [0.717, 1.165) is 28.8 Å². The van der Waals surface area contributed by atoms with Gasteiger partial charge in [-0.15, -0.1) is 18.3 Å². The van der Waals surface area contributed by atoms with Crippen molar-refractivity contribution in [2.24, 2.45) is 4.99 Å². The molecule has 0 spiro atoms. The number of alkyl halides is 6. The number of hydrogen-bond donors (Lipinski definition) is 1. The Morgan fingerprint density at radius 3 is 2.36 bits per heavy atom. The van der Waals surface area contributed by atoms with Crippen LogP contribution in [-0.4, -0.2) is 57.3 Å². The van der Waals surface area contributed by atoms with Gasteiger partial charge in [0.15, 0.2) is 11.0 Å². The second kappa shape index (κ2) is 13.7. The molecule has 47 heavy (non-hydrogen) atoms. The van der Waals surface area contributed by atoms with E-state index >= 15 is 0 Å². The summed E-state index contributed by atoms with van der Waals surface area (Å²) >= 11 is 0.882. The number of hydroxylamine groups is 1. The smallest absolute Gasteiger partial charge is 0.497 e. The molecule has 5 rings (SSSR count). The molecule has 1 aliphatic heterocycles. The molecule has 0 atom stereocenters. The van der Waals surface area contributed by atoms with Gasteiger partial charge in [-0.2, -0.15) is 18.2 Å². The zero-order valence-electron chi connectivity index (χ0n) is 24.0. The standard InChI is InChI=1S/C29H22F6N6O5S/c1-44-22-9-6-19(13-28(30,31)32)23(12-22)41-24(42)15-47-27(41)37-26(43)39-45-14-17-2-4-18(5-3-17)25-36-16-40(38-25)20-7-10-21(11-8-20)46-29(33,34)35/h2-12,16H,13-15H2,1H3,(H,39,43). The summed E-state index contributed by atoms with van der Waals surface area (Å²) in [5.74, 6) is -0.528. The van der Waals surface area contributed by atoms with Gasteiger partial charge in [0.05, 0.1) is 37.3 Å². The first-order chi connectivity index (χ1) is 22.3. The summed E-state index contributed by atoms with van der Waals surface area (Å²) in [6, 6.07) is 14.6. The van der Waals surface area contributed by atoms with Crippen LogP contribution in [0.4, 0.5) is 36.8 Å². The van der Waals surface area contributed by atoms with Crippen LogP contribution >= 0.6 is 11.8 Å². The maximum absolute atomic E-state index is 13.2. The molecule has 0 radical (unpaired) electrons. The van der Waals surface area contributed by atoms with Gasteiger partial charge in [-0.1, -0.05) is 42.1 Å². The highest BCUT2D eigenvalue weighted by Gasteiger charge is 2.36. The largest absolute Gasteiger partial charge is 0.573 e. The fourth-order valence-corrected chi connectivity index (χ4v) is 5.15. The average molecular weight is 681 g/mol. The molecule has 0 aliphatic carbocycles. The molecule has 3 amide bonds. The van der Waals surface area contributed by atoms with Crippen LogP contribution in [0.5, 0.6) is 11.5 Å². The highest BCUT2D eigenvalue weighted by Crippen LogP contribution is 2.36. The topological polar surface area (TPSA) is 120 Å². The molecule has 18 heteroatoms. The maximum Gasteiger partial charge on any atom is 0.573 e. The lowest BCUT2D eigenvalue weighted by atomic mass is 10.1. The molecule has 1 aliphatic rings. The van der Waals surface area contributed by atoms with Gasteiger partial charge < -0.3 is 9.47 Å². The van der Waals surface area contributed by atoms with Crippen molar-refractivity contribution in [3.8, 4) is 28.6 Å². The first-order valence-corrected chi connectivity index (χ1v) is 14.3. The van der Waals surface area contributed by atoms with Gasteiger partial charge in [-0.05, 0) is 41.5 Å². The number of rotatable bonds is 9. The Labute approximate surface area is 266 Å². The monoisotopic (exact) mass is 680 g/mol. The van der Waals surface area contributed by atoms with Crippen molar-refractivity contribution in [1.82, 2.24) is 20.2 Å². The SMILES string of the molecule is COc1ccc(CC(F)(F)F)c(N2C(=O)CSC2=NC(=O)NOCc2ccc(-c3ncn(-c4ccc(OC(F)(F)F)cc4)n3)cc2)c1. The summed E-state index contributed by atoms with van der Waals surface area (Å²) in [6.07, 6.45) is -9.26. The number of ether oxygens (including phenoxy) is 2. The van der Waals surface area contributed by atoms with Crippen LogP contribution in [0.25, 0.3) is 17.1 Å². The van der Waals surface area contributed by atoms with Gasteiger partial charge >= 0.3 is 18.6 Å². The van der Waals surface area contributed by atoms with Crippen molar-refractivity contribution in [1.29, 1.82) is 0 Å². The molecular weight excluding hydrogens is 658 g/mol. The highest BCUT2D eigenvalue weighted by atomic mass is 32.2. The third kappa shape index (κ3) is 8.79. The number of amides is 3. The molecular formula is C29H22F6N6O5S. The Balaban J connectivity index is 1.19. The van der Waals surface area contributed by atoms with E-state index < -0.39 is 30.9 Å². The predicted molar refractivity (Wildman–Crippen MR) is 157 cm³/mol. The molecule has 2 heterocycles. The van der Waals surface area contributed by atoms with Crippen molar-refractivity contribution in [2.45, 2.75) is 25.6 Å². The number of benzene rings is 3. The van der Waals surface area contributed by atoms with E-state index in [4.69, 9.17) is 9.57 Å². The minimum atomic E-state index is -4.80. The van der Waals surface area contributed by atoms with E-state index in [1.54, 1.807) is 24.3 Å². The summed E-state index contributed by atoms with van der Waals surface area (Å²) in [5.41, 5.74) is 3.52. The number of hydrogen-bond acceptors (Lipinski definition) is 8. The fourth-order valence-electron chi connectivity index (χ4n) is 4.29. The summed E-state index contributed by atoms with van der Waals surface area (Å²) in [5, 5.41) is 4.20. The number of urea groups is 1. The van der Waals surface area contributed by atoms with Gasteiger partial charge in [-0.25, -0.2) is 19.9 Å². The highest BCUT2D eigenvalue weighted by molar-refractivity contribution is 8.15. The van der Waals surface area contributed by atoms with Gasteiger partial charge in [0.2, 0.25) is 5.91 Å². The third-order valence-corrected chi connectivity index (χ3v) is 7.25. The number of nitrogens with one attached hydrogen (secondary N) is 1. The number of amidine groups is 1. The number of carbonyl (C=O) groups excluding carboxylic acids is 2. The van der Waals surface area contributed by atoms with Crippen LogP contribution in [-0.2, 0) is 22.7 Å². The first-order valence-electron chi connectivity index (χ1n) is 13.3. The second-order valence-corrected chi connectivity index (χ2v) is 10.6. The van der Waals surface area contributed by atoms with Crippen molar-refractivity contribution in [3.63, 3.8) is 0 Å². The van der Waals surface area contributed by atoms with Gasteiger partial charge in [-0.3, -0.25) is 14.5 Å². The number of aliphatic imine (C=N–C) groups is 1. The van der Waals surface area contributed by atoms with Crippen LogP contribution in [0.15, 0.2) is 78.0 Å². The number of methoxy groups -OCH3 is 1. The number of thioether (sulfide) groups is 1. The minimum absolute atomic E-state index is 0.0908. The van der Waals surface area contributed by atoms with Crippen molar-refractivity contribution in [2.75, 3.05) is 17.8 Å². The van der Waals surface area contributed by atoms with Crippen molar-refractivity contribution >= 4 is 34.6 Å². The van der Waals surface area contributed by atoms with E-state index in [2.05, 4.69) is 25.3 Å². The van der Waals surface area contributed by atoms with E-state index in [1.165, 1.54) is 48.5 Å². The zero-order valence-corrected chi connectivity index (χ0v) is 24.8. The van der Waals surface area contributed by atoms with Crippen molar-refractivity contribution < 1.29 is 50.2 Å². The van der Waals surface area contributed by atoms with E-state index in [9.17, 15) is 35.9 Å². The molecule has 246 valence electrons. The number of aromatic nitrogens is 3. The lowest BCUT2D eigenvalue weighted by Gasteiger charge is -2.21. The Hall–Kier alpha value is -5.10. The number of anilines is 1. The Morgan fingerprint density at radius 2 is 1.70 bits per heavy atom. The molecule has 4 aromatic rings. The molecule has 3 aromatic carbocycles. The molecule has 1 aromatic heterocycles. The third-order valence-electron chi connectivity index (χ3n) is 6.32. The molecule has 0 unspecified atom stereocenters. The molecule has 0 bridgehead atoms. The van der Waals surface area contributed by atoms with E-state index in [0.29, 0.717) is 22.6 Å². The van der Waals surface area contributed by atoms with Crippen LogP contribution in [0.2, 0.25) is 0 Å². The normalized spacial score (nSPS) is 14.5. The molecule has 11 nitrogen and oxygen atoms in total. The van der Waals surface area contributed by atoms with Crippen molar-refractivity contribution in [3.05, 3.63) is 84.2 Å². The molecule has 1 N–H and O–H groups in total. The van der Waals surface area contributed by atoms with Crippen LogP contribution in [0, 0.1) is 0 Å². The number of halogens is 6. The van der Waals surface area contributed by atoms with Gasteiger partial charge in [0, 0.05) is 11.6 Å². The molecule has 1 fully saturated rings. The average Bonchev–Trinajstić information content (AvgIpc) is 3.64. The minimum Gasteiger partial charge on any atom is -0.497 e. The van der Waals surface area contributed by atoms with Crippen LogP contribution in [0.3, 0.4) is 0 Å². The molecule has 1 saturated heterocycles. The lowest BCUT2D eigenvalue weighted by molar-refractivity contribution is -0.274. The molecule has 0 saturated carbocycles. The van der Waals surface area contributed by atoms with Crippen LogP contribution < -0.4 is 19.9 Å². The number of carbonyl (C=O) groups is 2. The second-order valence-electron chi connectivity index (χ2n) is 9.65. The van der Waals surface area contributed by atoms with Gasteiger partial charge in [0.1, 0.15) is 17.8 Å². The van der Waals surface area contributed by atoms with Gasteiger partial charge in [0.25, 0.3) is 0 Å². The first kappa shape index (κ1) is 33.3. The van der Waals surface area contributed by atoms with E-state index in [-0.39, 0.29) is 40.3 Å². The fraction of sp³-hybridized carbons (Fsp3) is 0.207. The predicted octanol–water partition coefficient (Wildman–Crippen LogP) is 6.22. The summed E-state index contributed by atoms with van der Waals surface area (Å²) in [6.45, 7) is -0.0908.